The number of carbonyl (C=O) groups excluding carboxylic acids is 3. The number of amides is 2. The minimum absolute atomic E-state index is 0.150. The number of rotatable bonds is 10. The number of anilines is 2. The monoisotopic (exact) mass is 540 g/mol. The fourth-order valence-electron chi connectivity index (χ4n) is 5.20. The summed E-state index contributed by atoms with van der Waals surface area (Å²) in [6.45, 7) is 6.26. The van der Waals surface area contributed by atoms with Crippen molar-refractivity contribution in [2.24, 2.45) is 5.41 Å². The number of alkyl halides is 2. The van der Waals surface area contributed by atoms with Crippen LogP contribution in [0.2, 0.25) is 0 Å². The zero-order valence-corrected chi connectivity index (χ0v) is 22.1. The van der Waals surface area contributed by atoms with Crippen molar-refractivity contribution in [2.75, 3.05) is 36.4 Å². The van der Waals surface area contributed by atoms with Crippen molar-refractivity contribution in [1.82, 2.24) is 10.6 Å². The van der Waals surface area contributed by atoms with Crippen molar-refractivity contribution in [2.45, 2.75) is 44.8 Å². The molecule has 1 fully saturated rings. The number of nitrogens with one attached hydrogen (secondary N) is 3. The third kappa shape index (κ3) is 5.66. The van der Waals surface area contributed by atoms with Crippen LogP contribution in [-0.4, -0.2) is 67.0 Å². The summed E-state index contributed by atoms with van der Waals surface area (Å²) in [5.41, 5.74) is 1.53. The van der Waals surface area contributed by atoms with Crippen molar-refractivity contribution in [3.05, 3.63) is 71.8 Å². The predicted octanol–water partition coefficient (Wildman–Crippen LogP) is 2.71. The van der Waals surface area contributed by atoms with Crippen LogP contribution in [0.15, 0.2) is 55.1 Å². The largest absolute Gasteiger partial charge is 0.384 e. The normalized spacial score (nSPS) is 19.5. The first kappa shape index (κ1) is 28.2. The van der Waals surface area contributed by atoms with Crippen LogP contribution in [0.4, 0.5) is 20.2 Å². The Kier molecular flexibility index (Phi) is 8.06. The highest BCUT2D eigenvalue weighted by molar-refractivity contribution is 5.98. The molecule has 1 saturated heterocycles. The minimum atomic E-state index is -3.14. The van der Waals surface area contributed by atoms with Crippen LogP contribution >= 0.6 is 0 Å². The van der Waals surface area contributed by atoms with Crippen LogP contribution in [-0.2, 0) is 22.4 Å². The maximum atomic E-state index is 15.0. The molecule has 0 saturated carbocycles. The van der Waals surface area contributed by atoms with Gasteiger partial charge >= 0.3 is 0 Å². The van der Waals surface area contributed by atoms with E-state index in [0.29, 0.717) is 23.2 Å². The van der Waals surface area contributed by atoms with E-state index in [0.717, 1.165) is 17.8 Å². The first-order valence-electron chi connectivity index (χ1n) is 12.9. The quantitative estimate of drug-likeness (QED) is 0.345. The number of nitrogens with zero attached hydrogens (tertiary/aromatic N) is 1. The number of fused-ring (bicyclic) bond motifs is 1. The van der Waals surface area contributed by atoms with E-state index in [1.54, 1.807) is 36.4 Å². The Morgan fingerprint density at radius 2 is 1.95 bits per heavy atom. The highest BCUT2D eigenvalue weighted by atomic mass is 19.3. The average molecular weight is 541 g/mol. The summed E-state index contributed by atoms with van der Waals surface area (Å²) in [5.74, 6) is -4.58. The highest BCUT2D eigenvalue weighted by Gasteiger charge is 2.62. The molecule has 4 rings (SSSR count). The molecule has 2 aromatic rings. The van der Waals surface area contributed by atoms with Gasteiger partial charge in [-0.25, -0.2) is 8.78 Å². The van der Waals surface area contributed by atoms with E-state index >= 15 is 0 Å². The summed E-state index contributed by atoms with van der Waals surface area (Å²) in [6, 6.07) is 10.7. The lowest BCUT2D eigenvalue weighted by atomic mass is 9.81. The number of Topliss-reactive ketones (excluding diaryl/α,β-unsaturated/α-hetero) is 1. The van der Waals surface area contributed by atoms with Crippen LogP contribution in [0.1, 0.15) is 35.3 Å². The summed E-state index contributed by atoms with van der Waals surface area (Å²) < 4.78 is 30.0. The second kappa shape index (κ2) is 11.1. The fourth-order valence-corrected chi connectivity index (χ4v) is 5.20. The van der Waals surface area contributed by atoms with Gasteiger partial charge in [-0.1, -0.05) is 38.1 Å². The molecule has 0 spiro atoms. The van der Waals surface area contributed by atoms with Crippen LogP contribution in [0.25, 0.3) is 0 Å². The molecule has 0 unspecified atom stereocenters. The van der Waals surface area contributed by atoms with Crippen molar-refractivity contribution >= 4 is 29.0 Å². The van der Waals surface area contributed by atoms with Gasteiger partial charge in [0.1, 0.15) is 12.1 Å². The van der Waals surface area contributed by atoms with Gasteiger partial charge in [0.15, 0.2) is 5.78 Å². The third-order valence-corrected chi connectivity index (χ3v) is 7.54. The fraction of sp³-hybridized carbons (Fsp3) is 0.414. The Balaban J connectivity index is 1.43. The molecule has 39 heavy (non-hydrogen) atoms. The lowest BCUT2D eigenvalue weighted by Crippen LogP contribution is -2.51. The molecule has 0 aliphatic carbocycles. The van der Waals surface area contributed by atoms with Gasteiger partial charge in [-0.3, -0.25) is 14.4 Å². The number of aliphatic hydroxyl groups excluding tert-OH is 1. The van der Waals surface area contributed by atoms with E-state index in [4.69, 9.17) is 0 Å². The number of ketones is 1. The minimum Gasteiger partial charge on any atom is -0.384 e. The molecule has 4 N–H and O–H groups in total. The molecule has 10 heteroatoms. The molecule has 2 aliphatic rings. The molecule has 0 aromatic heterocycles. The highest BCUT2D eigenvalue weighted by Crippen LogP contribution is 2.49. The summed E-state index contributed by atoms with van der Waals surface area (Å²) in [6.07, 6.45) is 0.579. The summed E-state index contributed by atoms with van der Waals surface area (Å²) in [7, 11) is 0. The first-order valence-corrected chi connectivity index (χ1v) is 12.9. The molecule has 2 aliphatic heterocycles. The summed E-state index contributed by atoms with van der Waals surface area (Å²) >= 11 is 0. The molecule has 208 valence electrons. The number of halogens is 2. The zero-order chi connectivity index (χ0) is 28.4. The molecule has 0 radical (unpaired) electrons. The molecule has 0 bridgehead atoms. The van der Waals surface area contributed by atoms with Crippen molar-refractivity contribution in [1.29, 1.82) is 0 Å². The molecule has 2 aromatic carbocycles. The Morgan fingerprint density at radius 1 is 1.21 bits per heavy atom. The average Bonchev–Trinajstić information content (AvgIpc) is 3.45. The van der Waals surface area contributed by atoms with E-state index in [-0.39, 0.29) is 25.4 Å². The van der Waals surface area contributed by atoms with E-state index in [9.17, 15) is 28.3 Å². The van der Waals surface area contributed by atoms with Gasteiger partial charge in [0.2, 0.25) is 5.91 Å². The molecular weight excluding hydrogens is 506 g/mol. The van der Waals surface area contributed by atoms with Gasteiger partial charge in [0.05, 0.1) is 18.5 Å². The summed E-state index contributed by atoms with van der Waals surface area (Å²) in [4.78, 5) is 39.7. The van der Waals surface area contributed by atoms with Gasteiger partial charge < -0.3 is 26.0 Å². The Morgan fingerprint density at radius 3 is 2.69 bits per heavy atom. The number of carbonyl (C=O) groups is 3. The smallest absolute Gasteiger partial charge is 0.272 e. The second-order valence-electron chi connectivity index (χ2n) is 10.5. The maximum absolute atomic E-state index is 15.0. The van der Waals surface area contributed by atoms with Crippen molar-refractivity contribution in [3.8, 4) is 0 Å². The lowest BCUT2D eigenvalue weighted by Gasteiger charge is -2.33. The van der Waals surface area contributed by atoms with E-state index < -0.39 is 41.7 Å². The van der Waals surface area contributed by atoms with Gasteiger partial charge in [-0.15, -0.1) is 6.58 Å². The molecule has 2 amide bonds. The third-order valence-electron chi connectivity index (χ3n) is 7.54. The Bertz CT molecular complexity index is 1280. The first-order chi connectivity index (χ1) is 18.5. The standard InChI is InChI=1S/C29H34F2N4O4/c1-4-12-33-27(39)25-28(2,3)29(30,31)17-35(25)19-8-5-7-18(14-19)15-23(36)24(37)16-34-26(38)21-9-6-10-22-20(21)11-13-32-22/h4-10,14,24-25,32,37H,1,11-13,15-17H2,2-3H3,(H,33,39)(H,34,38)/t24-,25+/m0/s1. The number of benzene rings is 2. The zero-order valence-electron chi connectivity index (χ0n) is 22.1. The topological polar surface area (TPSA) is 111 Å². The summed E-state index contributed by atoms with van der Waals surface area (Å²) in [5, 5.41) is 18.9. The van der Waals surface area contributed by atoms with Crippen LogP contribution in [0.3, 0.4) is 0 Å². The van der Waals surface area contributed by atoms with Crippen molar-refractivity contribution in [3.63, 3.8) is 0 Å². The van der Waals surface area contributed by atoms with Gasteiger partial charge in [0, 0.05) is 36.4 Å². The number of hydrogen-bond donors (Lipinski definition) is 4. The maximum Gasteiger partial charge on any atom is 0.272 e. The van der Waals surface area contributed by atoms with Crippen molar-refractivity contribution < 1.29 is 28.3 Å². The SMILES string of the molecule is C=CCNC(=O)[C@H]1N(c2cccc(CC(=O)[C@@H](O)CNC(=O)c3cccc4c3CCN4)c2)CC(F)(F)C1(C)C. The second-order valence-corrected chi connectivity index (χ2v) is 10.5. The van der Waals surface area contributed by atoms with Gasteiger partial charge in [-0.05, 0) is 41.8 Å². The number of aliphatic hydroxyl groups is 1. The number of hydrogen-bond acceptors (Lipinski definition) is 6. The predicted molar refractivity (Wildman–Crippen MR) is 145 cm³/mol. The van der Waals surface area contributed by atoms with Crippen LogP contribution in [0.5, 0.6) is 0 Å². The van der Waals surface area contributed by atoms with Crippen LogP contribution in [0, 0.1) is 5.41 Å². The lowest BCUT2D eigenvalue weighted by molar-refractivity contribution is -0.130. The molecule has 2 atom stereocenters. The van der Waals surface area contributed by atoms with E-state index in [2.05, 4.69) is 22.5 Å². The molecule has 8 nitrogen and oxygen atoms in total. The van der Waals surface area contributed by atoms with Gasteiger partial charge in [-0.2, -0.15) is 0 Å². The van der Waals surface area contributed by atoms with Gasteiger partial charge in [0.25, 0.3) is 11.8 Å². The Labute approximate surface area is 226 Å². The molecular formula is C29H34F2N4O4. The van der Waals surface area contributed by atoms with E-state index in [1.165, 1.54) is 24.8 Å². The Hall–Kier alpha value is -3.79. The van der Waals surface area contributed by atoms with E-state index in [1.807, 2.05) is 6.07 Å². The molecule has 2 heterocycles. The van der Waals surface area contributed by atoms with Crippen LogP contribution < -0.4 is 20.9 Å².